The van der Waals surface area contributed by atoms with Gasteiger partial charge in [-0.1, -0.05) is 0 Å². The van der Waals surface area contributed by atoms with E-state index in [1.165, 1.54) is 6.07 Å². The van der Waals surface area contributed by atoms with Crippen LogP contribution in [0.2, 0.25) is 0 Å². The number of carbonyl (C=O) groups is 1. The number of hydrogen-bond acceptors (Lipinski definition) is 2. The Morgan fingerprint density at radius 3 is 2.50 bits per heavy atom. The van der Waals surface area contributed by atoms with Crippen LogP contribution in [0.3, 0.4) is 0 Å². The van der Waals surface area contributed by atoms with Crippen molar-refractivity contribution in [2.75, 3.05) is 5.73 Å². The van der Waals surface area contributed by atoms with E-state index in [2.05, 4.69) is 0 Å². The third-order valence-corrected chi connectivity index (χ3v) is 2.12. The number of anilines is 1. The monoisotopic (exact) mass is 299 g/mol. The van der Waals surface area contributed by atoms with Crippen molar-refractivity contribution in [2.45, 2.75) is 0 Å². The lowest BCUT2D eigenvalue weighted by molar-refractivity contribution is 0.0696. The van der Waals surface area contributed by atoms with E-state index in [0.717, 1.165) is 0 Å². The number of benzene rings is 1. The van der Waals surface area contributed by atoms with Crippen LogP contribution in [0.1, 0.15) is 10.4 Å². The number of nitrogen functional groups attached to an aromatic ring is 1. The molecule has 0 unspecified atom stereocenters. The molecule has 3 N–H and O–H groups in total. The van der Waals surface area contributed by atoms with Crippen molar-refractivity contribution in [3.05, 3.63) is 27.3 Å². The maximum Gasteiger partial charge on any atom is 0.336 e. The highest BCUT2D eigenvalue weighted by Crippen LogP contribution is 2.15. The lowest BCUT2D eigenvalue weighted by Crippen LogP contribution is -1.99. The summed E-state index contributed by atoms with van der Waals surface area (Å²) < 4.78 is 0.662. The second-order valence-corrected chi connectivity index (χ2v) is 3.21. The van der Waals surface area contributed by atoms with E-state index in [-0.39, 0.29) is 12.4 Å². The average Bonchev–Trinajstić information content (AvgIpc) is 1.85. The molecule has 12 heavy (non-hydrogen) atoms. The van der Waals surface area contributed by atoms with Crippen LogP contribution in [0.5, 0.6) is 0 Å². The zero-order chi connectivity index (χ0) is 8.43. The third kappa shape index (κ3) is 2.53. The lowest BCUT2D eigenvalue weighted by Gasteiger charge is -1.98. The predicted molar refractivity (Wildman–Crippen MR) is 57.8 cm³/mol. The van der Waals surface area contributed by atoms with E-state index in [1.807, 2.05) is 22.6 Å². The molecule has 0 amide bonds. The third-order valence-electron chi connectivity index (χ3n) is 1.22. The molecular formula is C7H7ClINO2. The molecule has 1 aromatic rings. The molecule has 5 heteroatoms. The highest BCUT2D eigenvalue weighted by Gasteiger charge is 2.06. The highest BCUT2D eigenvalue weighted by molar-refractivity contribution is 14.1. The van der Waals surface area contributed by atoms with Gasteiger partial charge in [0.1, 0.15) is 0 Å². The van der Waals surface area contributed by atoms with Gasteiger partial charge in [-0.25, -0.2) is 4.79 Å². The summed E-state index contributed by atoms with van der Waals surface area (Å²) in [6.45, 7) is 0. The van der Waals surface area contributed by atoms with Gasteiger partial charge in [0.25, 0.3) is 0 Å². The van der Waals surface area contributed by atoms with Crippen molar-refractivity contribution in [1.29, 1.82) is 0 Å². The molecule has 66 valence electrons. The van der Waals surface area contributed by atoms with Gasteiger partial charge in [0, 0.05) is 9.26 Å². The molecule has 0 fully saturated rings. The molecule has 0 aliphatic heterocycles. The maximum absolute atomic E-state index is 10.5. The van der Waals surface area contributed by atoms with Crippen molar-refractivity contribution in [3.8, 4) is 0 Å². The van der Waals surface area contributed by atoms with Crippen LogP contribution < -0.4 is 5.73 Å². The Morgan fingerprint density at radius 1 is 1.50 bits per heavy atom. The first kappa shape index (κ1) is 11.5. The summed E-state index contributed by atoms with van der Waals surface area (Å²) in [4.78, 5) is 10.5. The molecule has 0 saturated carbocycles. The lowest BCUT2D eigenvalue weighted by atomic mass is 10.2. The number of carboxylic acid groups (broad SMARTS) is 1. The molecule has 0 aliphatic rings. The van der Waals surface area contributed by atoms with Gasteiger partial charge in [-0.15, -0.1) is 12.4 Å². The normalized spacial score (nSPS) is 8.75. The SMILES string of the molecule is Cl.Nc1ccc(C(=O)O)c(I)c1. The van der Waals surface area contributed by atoms with Crippen LogP contribution in [0.25, 0.3) is 0 Å². The summed E-state index contributed by atoms with van der Waals surface area (Å²) in [7, 11) is 0. The van der Waals surface area contributed by atoms with Crippen molar-refractivity contribution in [2.24, 2.45) is 0 Å². The van der Waals surface area contributed by atoms with E-state index >= 15 is 0 Å². The zero-order valence-electron chi connectivity index (χ0n) is 5.95. The molecule has 0 radical (unpaired) electrons. The average molecular weight is 299 g/mol. The molecule has 0 saturated heterocycles. The van der Waals surface area contributed by atoms with Gasteiger partial charge in [-0.2, -0.15) is 0 Å². The van der Waals surface area contributed by atoms with Gasteiger partial charge in [-0.3, -0.25) is 0 Å². The summed E-state index contributed by atoms with van der Waals surface area (Å²) in [6, 6.07) is 4.70. The Morgan fingerprint density at radius 2 is 2.08 bits per heavy atom. The number of halogens is 2. The quantitative estimate of drug-likeness (QED) is 0.616. The largest absolute Gasteiger partial charge is 0.478 e. The van der Waals surface area contributed by atoms with Crippen LogP contribution in [0.4, 0.5) is 5.69 Å². The second kappa shape index (κ2) is 4.51. The fourth-order valence-corrected chi connectivity index (χ4v) is 1.47. The van der Waals surface area contributed by atoms with Crippen LogP contribution in [-0.2, 0) is 0 Å². The van der Waals surface area contributed by atoms with Crippen LogP contribution >= 0.6 is 35.0 Å². The Hall–Kier alpha value is -0.490. The van der Waals surface area contributed by atoms with E-state index in [4.69, 9.17) is 10.8 Å². The number of hydrogen-bond donors (Lipinski definition) is 2. The van der Waals surface area contributed by atoms with Gasteiger partial charge in [0.05, 0.1) is 5.56 Å². The van der Waals surface area contributed by atoms with Crippen LogP contribution in [0, 0.1) is 3.57 Å². The number of carboxylic acids is 1. The van der Waals surface area contributed by atoms with Gasteiger partial charge >= 0.3 is 5.97 Å². The molecule has 1 rings (SSSR count). The molecule has 0 heterocycles. The van der Waals surface area contributed by atoms with E-state index in [0.29, 0.717) is 14.8 Å². The smallest absolute Gasteiger partial charge is 0.336 e. The van der Waals surface area contributed by atoms with Crippen LogP contribution in [0.15, 0.2) is 18.2 Å². The molecule has 0 atom stereocenters. The Bertz CT molecular complexity index is 303. The summed E-state index contributed by atoms with van der Waals surface area (Å²) in [5.41, 5.74) is 6.30. The van der Waals surface area contributed by atoms with Crippen molar-refractivity contribution in [1.82, 2.24) is 0 Å². The van der Waals surface area contributed by atoms with Crippen molar-refractivity contribution in [3.63, 3.8) is 0 Å². The summed E-state index contributed by atoms with van der Waals surface area (Å²) in [5, 5.41) is 8.61. The zero-order valence-corrected chi connectivity index (χ0v) is 8.93. The maximum atomic E-state index is 10.5. The number of aromatic carboxylic acids is 1. The number of rotatable bonds is 1. The van der Waals surface area contributed by atoms with Crippen molar-refractivity contribution < 1.29 is 9.90 Å². The first-order valence-corrected chi connectivity index (χ1v) is 3.97. The minimum atomic E-state index is -0.922. The molecule has 1 aromatic carbocycles. The first-order valence-electron chi connectivity index (χ1n) is 2.89. The minimum Gasteiger partial charge on any atom is -0.478 e. The second-order valence-electron chi connectivity index (χ2n) is 2.04. The van der Waals surface area contributed by atoms with Gasteiger partial charge in [-0.05, 0) is 40.8 Å². The fraction of sp³-hybridized carbons (Fsp3) is 0. The Balaban J connectivity index is 0.00000121. The van der Waals surface area contributed by atoms with Crippen molar-refractivity contribution >= 4 is 46.7 Å². The topological polar surface area (TPSA) is 63.3 Å². The molecule has 3 nitrogen and oxygen atoms in total. The molecule has 0 bridgehead atoms. The number of nitrogens with two attached hydrogens (primary N) is 1. The standard InChI is InChI=1S/C7H6INO2.ClH/c8-6-3-4(9)1-2-5(6)7(10)11;/h1-3H,9H2,(H,10,11);1H. The predicted octanol–water partition coefficient (Wildman–Crippen LogP) is 1.99. The van der Waals surface area contributed by atoms with Gasteiger partial charge in [0.2, 0.25) is 0 Å². The Labute approximate surface area is 89.5 Å². The summed E-state index contributed by atoms with van der Waals surface area (Å²) in [6.07, 6.45) is 0. The van der Waals surface area contributed by atoms with E-state index in [1.54, 1.807) is 12.1 Å². The summed E-state index contributed by atoms with van der Waals surface area (Å²) >= 11 is 1.94. The van der Waals surface area contributed by atoms with E-state index in [9.17, 15) is 4.79 Å². The van der Waals surface area contributed by atoms with E-state index < -0.39 is 5.97 Å². The Kier molecular flexibility index (Phi) is 4.33. The fourth-order valence-electron chi connectivity index (χ4n) is 0.705. The minimum absolute atomic E-state index is 0. The highest BCUT2D eigenvalue weighted by atomic mass is 127. The molecule has 0 aliphatic carbocycles. The van der Waals surface area contributed by atoms with Gasteiger partial charge < -0.3 is 10.8 Å². The molecular weight excluding hydrogens is 292 g/mol. The van der Waals surface area contributed by atoms with Crippen LogP contribution in [-0.4, -0.2) is 11.1 Å². The first-order chi connectivity index (χ1) is 5.11. The molecule has 0 spiro atoms. The van der Waals surface area contributed by atoms with Gasteiger partial charge in [0.15, 0.2) is 0 Å². The summed E-state index contributed by atoms with van der Waals surface area (Å²) in [5.74, 6) is -0.922. The molecule has 0 aromatic heterocycles.